The Hall–Kier alpha value is -3.41. The number of benzene rings is 2. The number of methoxy groups -OCH3 is 3. The lowest BCUT2D eigenvalue weighted by molar-refractivity contribution is 0.0938. The van der Waals surface area contributed by atoms with Crippen molar-refractivity contribution in [3.05, 3.63) is 77.7 Å². The van der Waals surface area contributed by atoms with Crippen LogP contribution in [0, 0.1) is 0 Å². The highest BCUT2D eigenvalue weighted by Crippen LogP contribution is 2.38. The van der Waals surface area contributed by atoms with E-state index in [1.54, 1.807) is 24.5 Å². The van der Waals surface area contributed by atoms with Crippen LogP contribution in [0.25, 0.3) is 0 Å². The molecule has 3 rings (SSSR count). The fourth-order valence-electron chi connectivity index (χ4n) is 2.85. The number of hydrogen-bond acceptors (Lipinski definition) is 5. The third kappa shape index (κ3) is 3.89. The Kier molecular flexibility index (Phi) is 5.66. The van der Waals surface area contributed by atoms with E-state index in [1.807, 2.05) is 36.4 Å². The molecule has 1 atom stereocenters. The van der Waals surface area contributed by atoms with Crippen LogP contribution in [0.5, 0.6) is 17.2 Å². The summed E-state index contributed by atoms with van der Waals surface area (Å²) in [5.41, 5.74) is 1.30. The molecule has 0 spiro atoms. The van der Waals surface area contributed by atoms with Gasteiger partial charge in [0, 0.05) is 5.56 Å². The van der Waals surface area contributed by atoms with E-state index in [1.165, 1.54) is 21.3 Å². The summed E-state index contributed by atoms with van der Waals surface area (Å²) in [6, 6.07) is 16.0. The molecule has 0 bridgehead atoms. The van der Waals surface area contributed by atoms with Crippen LogP contribution in [0.2, 0.25) is 0 Å². The SMILES string of the molecule is COc1cc(C(=O)N[C@@H](c2ccccc2)c2ccco2)cc(OC)c1OC. The molecular weight excluding hydrogens is 346 g/mol. The first-order chi connectivity index (χ1) is 13.2. The fourth-order valence-corrected chi connectivity index (χ4v) is 2.85. The van der Waals surface area contributed by atoms with Crippen molar-refractivity contribution in [2.75, 3.05) is 21.3 Å². The molecule has 0 radical (unpaired) electrons. The van der Waals surface area contributed by atoms with E-state index in [0.717, 1.165) is 5.56 Å². The van der Waals surface area contributed by atoms with Gasteiger partial charge in [0.05, 0.1) is 27.6 Å². The van der Waals surface area contributed by atoms with Crippen molar-refractivity contribution < 1.29 is 23.4 Å². The molecule has 0 saturated carbocycles. The Morgan fingerprint density at radius 1 is 0.926 bits per heavy atom. The molecule has 6 heteroatoms. The number of carbonyl (C=O) groups is 1. The molecule has 6 nitrogen and oxygen atoms in total. The van der Waals surface area contributed by atoms with Crippen molar-refractivity contribution in [1.82, 2.24) is 5.32 Å². The number of rotatable bonds is 7. The summed E-state index contributed by atoms with van der Waals surface area (Å²) < 4.78 is 21.5. The molecule has 0 unspecified atom stereocenters. The molecule has 0 saturated heterocycles. The van der Waals surface area contributed by atoms with Crippen LogP contribution in [0.3, 0.4) is 0 Å². The van der Waals surface area contributed by atoms with Gasteiger partial charge in [-0.1, -0.05) is 30.3 Å². The molecule has 0 fully saturated rings. The van der Waals surface area contributed by atoms with E-state index < -0.39 is 6.04 Å². The van der Waals surface area contributed by atoms with Crippen molar-refractivity contribution >= 4 is 5.91 Å². The predicted molar refractivity (Wildman–Crippen MR) is 101 cm³/mol. The molecule has 3 aromatic rings. The van der Waals surface area contributed by atoms with Crippen molar-refractivity contribution in [1.29, 1.82) is 0 Å². The first-order valence-corrected chi connectivity index (χ1v) is 8.37. The summed E-state index contributed by atoms with van der Waals surface area (Å²) in [6.45, 7) is 0. The van der Waals surface area contributed by atoms with Crippen LogP contribution in [0.15, 0.2) is 65.3 Å². The highest BCUT2D eigenvalue weighted by atomic mass is 16.5. The molecule has 140 valence electrons. The number of furan rings is 1. The van der Waals surface area contributed by atoms with Crippen LogP contribution in [0.1, 0.15) is 27.7 Å². The topological polar surface area (TPSA) is 69.9 Å². The van der Waals surface area contributed by atoms with Gasteiger partial charge in [-0.25, -0.2) is 0 Å². The fraction of sp³-hybridized carbons (Fsp3) is 0.190. The van der Waals surface area contributed by atoms with Crippen molar-refractivity contribution in [2.24, 2.45) is 0 Å². The van der Waals surface area contributed by atoms with Crippen molar-refractivity contribution in [3.8, 4) is 17.2 Å². The maximum Gasteiger partial charge on any atom is 0.252 e. The average Bonchev–Trinajstić information content (AvgIpc) is 3.25. The van der Waals surface area contributed by atoms with Gasteiger partial charge < -0.3 is 23.9 Å². The minimum Gasteiger partial charge on any atom is -0.493 e. The maximum atomic E-state index is 13.0. The molecule has 1 aromatic heterocycles. The summed E-state index contributed by atoms with van der Waals surface area (Å²) in [5, 5.41) is 3.01. The van der Waals surface area contributed by atoms with E-state index in [9.17, 15) is 4.79 Å². The Balaban J connectivity index is 1.95. The van der Waals surface area contributed by atoms with Crippen LogP contribution in [-0.2, 0) is 0 Å². The lowest BCUT2D eigenvalue weighted by Crippen LogP contribution is -2.29. The molecule has 27 heavy (non-hydrogen) atoms. The molecule has 2 aromatic carbocycles. The maximum absolute atomic E-state index is 13.0. The Morgan fingerprint density at radius 2 is 1.59 bits per heavy atom. The van der Waals surface area contributed by atoms with Gasteiger partial charge in [-0.2, -0.15) is 0 Å². The number of hydrogen-bond donors (Lipinski definition) is 1. The van der Waals surface area contributed by atoms with Gasteiger partial charge in [-0.15, -0.1) is 0 Å². The zero-order valence-electron chi connectivity index (χ0n) is 15.4. The van der Waals surface area contributed by atoms with Crippen LogP contribution < -0.4 is 19.5 Å². The molecule has 1 amide bonds. The Labute approximate surface area is 157 Å². The van der Waals surface area contributed by atoms with Crippen molar-refractivity contribution in [2.45, 2.75) is 6.04 Å². The van der Waals surface area contributed by atoms with Gasteiger partial charge >= 0.3 is 0 Å². The second-order valence-corrected chi connectivity index (χ2v) is 5.75. The van der Waals surface area contributed by atoms with Crippen LogP contribution in [-0.4, -0.2) is 27.2 Å². The van der Waals surface area contributed by atoms with Gasteiger partial charge in [0.1, 0.15) is 11.8 Å². The van der Waals surface area contributed by atoms with E-state index in [0.29, 0.717) is 28.6 Å². The quantitative estimate of drug-likeness (QED) is 0.687. The van der Waals surface area contributed by atoms with Crippen LogP contribution in [0.4, 0.5) is 0 Å². The van der Waals surface area contributed by atoms with Gasteiger partial charge in [-0.05, 0) is 29.8 Å². The third-order valence-corrected chi connectivity index (χ3v) is 4.16. The number of amides is 1. The average molecular weight is 367 g/mol. The van der Waals surface area contributed by atoms with Gasteiger partial charge in [0.2, 0.25) is 5.75 Å². The number of nitrogens with one attached hydrogen (secondary N) is 1. The first kappa shape index (κ1) is 18.4. The second kappa shape index (κ2) is 8.31. The molecule has 0 aliphatic rings. The lowest BCUT2D eigenvalue weighted by atomic mass is 10.0. The summed E-state index contributed by atoms with van der Waals surface area (Å²) >= 11 is 0. The highest BCUT2D eigenvalue weighted by Gasteiger charge is 2.22. The summed E-state index contributed by atoms with van der Waals surface area (Å²) in [4.78, 5) is 13.0. The van der Waals surface area contributed by atoms with Crippen molar-refractivity contribution in [3.63, 3.8) is 0 Å². The van der Waals surface area contributed by atoms with Gasteiger partial charge in [0.15, 0.2) is 11.5 Å². The summed E-state index contributed by atoms with van der Waals surface area (Å²) in [7, 11) is 4.53. The zero-order valence-corrected chi connectivity index (χ0v) is 15.4. The lowest BCUT2D eigenvalue weighted by Gasteiger charge is -2.18. The minimum absolute atomic E-state index is 0.292. The van der Waals surface area contributed by atoms with E-state index in [4.69, 9.17) is 18.6 Å². The minimum atomic E-state index is -0.423. The second-order valence-electron chi connectivity index (χ2n) is 5.75. The molecule has 0 aliphatic heterocycles. The van der Waals surface area contributed by atoms with E-state index >= 15 is 0 Å². The molecule has 0 aliphatic carbocycles. The molecular formula is C21H21NO5. The zero-order chi connectivity index (χ0) is 19.2. The normalized spacial score (nSPS) is 11.5. The van der Waals surface area contributed by atoms with E-state index in [-0.39, 0.29) is 5.91 Å². The Bertz CT molecular complexity index is 865. The van der Waals surface area contributed by atoms with E-state index in [2.05, 4.69) is 5.32 Å². The molecule has 1 N–H and O–H groups in total. The Morgan fingerprint density at radius 3 is 2.11 bits per heavy atom. The number of ether oxygens (including phenoxy) is 3. The largest absolute Gasteiger partial charge is 0.493 e. The summed E-state index contributed by atoms with van der Waals surface area (Å²) in [5.74, 6) is 1.61. The molecule has 1 heterocycles. The third-order valence-electron chi connectivity index (χ3n) is 4.16. The highest BCUT2D eigenvalue weighted by molar-refractivity contribution is 5.96. The van der Waals surface area contributed by atoms with Crippen LogP contribution >= 0.6 is 0 Å². The standard InChI is InChI=1S/C21H21NO5/c1-24-17-12-15(13-18(25-2)20(17)26-3)21(23)22-19(16-10-7-11-27-16)14-8-5-4-6-9-14/h4-13,19H,1-3H3,(H,22,23)/t19-/m0/s1. The first-order valence-electron chi connectivity index (χ1n) is 8.37. The van der Waals surface area contributed by atoms with Gasteiger partial charge in [-0.3, -0.25) is 4.79 Å². The van der Waals surface area contributed by atoms with Gasteiger partial charge in [0.25, 0.3) is 5.91 Å². The monoisotopic (exact) mass is 367 g/mol. The smallest absolute Gasteiger partial charge is 0.252 e. The summed E-state index contributed by atoms with van der Waals surface area (Å²) in [6.07, 6.45) is 1.58. The number of carbonyl (C=O) groups excluding carboxylic acids is 1. The predicted octanol–water partition coefficient (Wildman–Crippen LogP) is 3.82.